The number of halogens is 1. The Balaban J connectivity index is 0.940. The van der Waals surface area contributed by atoms with E-state index in [1.54, 1.807) is 21.9 Å². The Kier molecular flexibility index (Phi) is 14.4. The second kappa shape index (κ2) is 20.3. The number of hydrogen-bond donors (Lipinski definition) is 0. The number of likely N-dealkylation sites (N-methyl/N-ethyl adjacent to an activating group) is 1. The van der Waals surface area contributed by atoms with Gasteiger partial charge in [-0.25, -0.2) is 14.5 Å². The van der Waals surface area contributed by atoms with E-state index in [2.05, 4.69) is 11.5 Å². The molecule has 0 N–H and O–H groups in total. The van der Waals surface area contributed by atoms with Crippen molar-refractivity contribution < 1.29 is 42.9 Å². The summed E-state index contributed by atoms with van der Waals surface area (Å²) >= 11 is 6.53. The fourth-order valence-electron chi connectivity index (χ4n) is 9.58. The molecular formula is C48H60ClN5O9. The van der Waals surface area contributed by atoms with Crippen LogP contribution in [0.25, 0.3) is 10.8 Å². The molecule has 0 aromatic heterocycles. The zero-order chi connectivity index (χ0) is 44.0. The van der Waals surface area contributed by atoms with Gasteiger partial charge in [0.2, 0.25) is 5.91 Å². The zero-order valence-electron chi connectivity index (χ0n) is 36.6. The number of hydrogen-bond acceptors (Lipinski definition) is 10. The number of carbonyl (C=O) groups is 4. The van der Waals surface area contributed by atoms with Crippen LogP contribution in [0.5, 0.6) is 11.5 Å². The average Bonchev–Trinajstić information content (AvgIpc) is 3.65. The summed E-state index contributed by atoms with van der Waals surface area (Å²) in [6.07, 6.45) is 6.54. The third kappa shape index (κ3) is 9.64. The molecule has 4 atom stereocenters. The molecule has 63 heavy (non-hydrogen) atoms. The molecule has 338 valence electrons. The Morgan fingerprint density at radius 2 is 1.68 bits per heavy atom. The summed E-state index contributed by atoms with van der Waals surface area (Å²) in [5, 5.41) is 1.75. The fraction of sp³-hybridized carbons (Fsp3) is 0.542. The van der Waals surface area contributed by atoms with Crippen LogP contribution in [0.4, 0.5) is 21.0 Å². The molecule has 4 amide bonds. The number of amides is 4. The number of benzene rings is 3. The minimum absolute atomic E-state index is 0.000524. The van der Waals surface area contributed by atoms with Gasteiger partial charge >= 0.3 is 12.2 Å². The van der Waals surface area contributed by atoms with Gasteiger partial charge in [-0.05, 0) is 94.3 Å². The lowest BCUT2D eigenvalue weighted by Crippen LogP contribution is -2.57. The van der Waals surface area contributed by atoms with Crippen LogP contribution < -0.4 is 19.3 Å². The number of piperazine rings is 1. The number of aryl methyl sites for hydroxylation is 1. The fourth-order valence-corrected chi connectivity index (χ4v) is 9.83. The largest absolute Gasteiger partial charge is 0.493 e. The normalized spacial score (nSPS) is 22.6. The van der Waals surface area contributed by atoms with E-state index >= 15 is 0 Å². The number of piperidine rings is 1. The molecule has 0 bridgehead atoms. The van der Waals surface area contributed by atoms with Crippen molar-refractivity contribution >= 4 is 57.7 Å². The number of ether oxygens (including phenoxy) is 5. The molecule has 14 nitrogen and oxygen atoms in total. The van der Waals surface area contributed by atoms with Crippen molar-refractivity contribution in [2.24, 2.45) is 0 Å². The summed E-state index contributed by atoms with van der Waals surface area (Å²) < 4.78 is 30.7. The van der Waals surface area contributed by atoms with Gasteiger partial charge in [0.05, 0.1) is 29.6 Å². The molecule has 5 aliphatic heterocycles. The number of carbonyl (C=O) groups excluding carboxylic acids is 4. The Hall–Kier alpha value is -4.89. The molecule has 1 unspecified atom stereocenters. The summed E-state index contributed by atoms with van der Waals surface area (Å²) in [4.78, 5) is 64.5. The van der Waals surface area contributed by atoms with Crippen LogP contribution in [0.1, 0.15) is 91.6 Å². The van der Waals surface area contributed by atoms with Crippen molar-refractivity contribution in [3.63, 3.8) is 0 Å². The second-order valence-corrected chi connectivity index (χ2v) is 17.6. The SMILES string of the molecule is C=CCOC(=O)N1c2cc(OCCCCCC(=O)N3C[C@@H](CCl)c4c3cc(OC(=O)N3CCN(C)CC3)c3ccccc43)c(C)cc2C(=O)N2CCCC[C@H]2[C@@H]1OC1CCCCO1. The van der Waals surface area contributed by atoms with Crippen LogP contribution in [-0.2, 0) is 19.0 Å². The average molecular weight is 886 g/mol. The zero-order valence-corrected chi connectivity index (χ0v) is 37.3. The first kappa shape index (κ1) is 44.7. The third-order valence-corrected chi connectivity index (χ3v) is 13.4. The maximum Gasteiger partial charge on any atom is 0.416 e. The van der Waals surface area contributed by atoms with Crippen LogP contribution >= 0.6 is 11.6 Å². The van der Waals surface area contributed by atoms with Gasteiger partial charge in [0.25, 0.3) is 5.91 Å². The summed E-state index contributed by atoms with van der Waals surface area (Å²) in [6.45, 7) is 10.3. The van der Waals surface area contributed by atoms with Crippen molar-refractivity contribution in [3.05, 3.63) is 71.8 Å². The van der Waals surface area contributed by atoms with Gasteiger partial charge < -0.3 is 43.3 Å². The van der Waals surface area contributed by atoms with E-state index in [1.807, 2.05) is 49.2 Å². The van der Waals surface area contributed by atoms with Crippen LogP contribution in [0, 0.1) is 6.92 Å². The molecule has 0 spiro atoms. The molecule has 3 aromatic carbocycles. The van der Waals surface area contributed by atoms with Crippen LogP contribution in [0.15, 0.2) is 55.1 Å². The van der Waals surface area contributed by atoms with Gasteiger partial charge in [0.15, 0.2) is 12.5 Å². The van der Waals surface area contributed by atoms with Crippen LogP contribution in [-0.4, -0.2) is 129 Å². The van der Waals surface area contributed by atoms with E-state index in [0.717, 1.165) is 72.8 Å². The Morgan fingerprint density at radius 3 is 2.44 bits per heavy atom. The lowest BCUT2D eigenvalue weighted by Gasteiger charge is -2.42. The highest BCUT2D eigenvalue weighted by Gasteiger charge is 2.47. The van der Waals surface area contributed by atoms with Gasteiger partial charge in [-0.3, -0.25) is 9.59 Å². The van der Waals surface area contributed by atoms with Crippen LogP contribution in [0.2, 0.25) is 0 Å². The molecule has 3 aromatic rings. The molecule has 3 saturated heterocycles. The maximum absolute atomic E-state index is 14.3. The van der Waals surface area contributed by atoms with Crippen molar-refractivity contribution in [1.29, 1.82) is 0 Å². The predicted octanol–water partition coefficient (Wildman–Crippen LogP) is 8.21. The molecule has 5 aliphatic rings. The maximum atomic E-state index is 14.3. The highest BCUT2D eigenvalue weighted by atomic mass is 35.5. The molecule has 5 heterocycles. The first-order valence-corrected chi connectivity index (χ1v) is 23.2. The molecule has 0 aliphatic carbocycles. The first-order chi connectivity index (χ1) is 30.7. The lowest BCUT2D eigenvalue weighted by molar-refractivity contribution is -0.198. The van der Waals surface area contributed by atoms with Crippen molar-refractivity contribution in [3.8, 4) is 11.5 Å². The van der Waals surface area contributed by atoms with Crippen LogP contribution in [0.3, 0.4) is 0 Å². The Labute approximate surface area is 374 Å². The third-order valence-electron chi connectivity index (χ3n) is 13.0. The van der Waals surface area contributed by atoms with E-state index in [0.29, 0.717) is 100 Å². The Morgan fingerprint density at radius 1 is 0.905 bits per heavy atom. The van der Waals surface area contributed by atoms with Gasteiger partial charge in [-0.1, -0.05) is 36.9 Å². The van der Waals surface area contributed by atoms with Crippen molar-refractivity contribution in [2.75, 3.05) is 81.8 Å². The lowest BCUT2D eigenvalue weighted by atomic mass is 9.95. The molecule has 3 fully saturated rings. The number of rotatable bonds is 13. The number of fused-ring (bicyclic) bond motifs is 5. The van der Waals surface area contributed by atoms with Crippen molar-refractivity contribution in [2.45, 2.75) is 95.6 Å². The topological polar surface area (TPSA) is 131 Å². The first-order valence-electron chi connectivity index (χ1n) is 22.7. The quantitative estimate of drug-likeness (QED) is 0.0941. The summed E-state index contributed by atoms with van der Waals surface area (Å²) in [7, 11) is 2.04. The van der Waals surface area contributed by atoms with Gasteiger partial charge in [0.1, 0.15) is 18.1 Å². The standard InChI is InChI=1S/C48H60ClN5O9/c1-4-24-61-48(58)54-38-28-40(32(2)27-36(38)45(56)52-19-11-9-16-37(52)46(54)63-43-18-10-13-26-60-43)59-25-12-5-6-17-42(55)53-31-33(30-49)44-35-15-8-7-14-34(35)41(29-39(44)53)62-47(57)51-22-20-50(3)21-23-51/h4,7-8,14-15,27-29,33,37,43,46H,1,5-6,9-13,16-26,30-31H2,2-3H3/t33-,37+,43?,46+/m1/s1. The van der Waals surface area contributed by atoms with E-state index in [9.17, 15) is 19.2 Å². The summed E-state index contributed by atoms with van der Waals surface area (Å²) in [6, 6.07) is 12.9. The predicted molar refractivity (Wildman–Crippen MR) is 241 cm³/mol. The molecule has 0 saturated carbocycles. The molecule has 0 radical (unpaired) electrons. The number of alkyl halides is 1. The minimum Gasteiger partial charge on any atom is -0.493 e. The van der Waals surface area contributed by atoms with E-state index in [-0.39, 0.29) is 30.4 Å². The highest BCUT2D eigenvalue weighted by molar-refractivity contribution is 6.19. The van der Waals surface area contributed by atoms with Crippen molar-refractivity contribution in [1.82, 2.24) is 14.7 Å². The molecular weight excluding hydrogens is 826 g/mol. The van der Waals surface area contributed by atoms with E-state index in [4.69, 9.17) is 35.3 Å². The minimum atomic E-state index is -0.825. The summed E-state index contributed by atoms with van der Waals surface area (Å²) in [5.41, 5.74) is 3.28. The van der Waals surface area contributed by atoms with E-state index in [1.165, 1.54) is 11.0 Å². The van der Waals surface area contributed by atoms with Gasteiger partial charge in [0, 0.05) is 81.6 Å². The monoisotopic (exact) mass is 885 g/mol. The summed E-state index contributed by atoms with van der Waals surface area (Å²) in [5.74, 6) is 1.10. The molecule has 8 rings (SSSR count). The highest BCUT2D eigenvalue weighted by Crippen LogP contribution is 2.46. The van der Waals surface area contributed by atoms with Gasteiger partial charge in [-0.2, -0.15) is 0 Å². The number of anilines is 2. The van der Waals surface area contributed by atoms with E-state index < -0.39 is 24.7 Å². The van der Waals surface area contributed by atoms with Gasteiger partial charge in [-0.15, -0.1) is 11.6 Å². The molecule has 15 heteroatoms. The Bertz CT molecular complexity index is 2170. The smallest absolute Gasteiger partial charge is 0.416 e. The number of nitrogens with zero attached hydrogens (tertiary/aromatic N) is 5. The number of unbranched alkanes of at least 4 members (excludes halogenated alkanes) is 2. The second-order valence-electron chi connectivity index (χ2n) is 17.3.